The first kappa shape index (κ1) is 18.5. The van der Waals surface area contributed by atoms with Gasteiger partial charge in [-0.05, 0) is 44.0 Å². The number of amides is 1. The third kappa shape index (κ3) is 4.89. The van der Waals surface area contributed by atoms with E-state index in [-0.39, 0.29) is 11.9 Å². The van der Waals surface area contributed by atoms with Crippen molar-refractivity contribution >= 4 is 5.91 Å². The molecule has 1 amide bonds. The normalized spacial score (nSPS) is 15.9. The molecule has 1 fully saturated rings. The molecule has 3 rings (SSSR count). The monoisotopic (exact) mass is 357 g/mol. The van der Waals surface area contributed by atoms with Crippen LogP contribution in [-0.2, 0) is 11.3 Å². The summed E-state index contributed by atoms with van der Waals surface area (Å²) in [6, 6.07) is 4.19. The average molecular weight is 357 g/mol. The zero-order chi connectivity index (χ0) is 18.2. The van der Waals surface area contributed by atoms with Gasteiger partial charge in [0, 0.05) is 45.4 Å². The maximum Gasteiger partial charge on any atom is 0.254 e. The lowest BCUT2D eigenvalue weighted by Crippen LogP contribution is -2.36. The first-order valence-electron chi connectivity index (χ1n) is 9.21. The summed E-state index contributed by atoms with van der Waals surface area (Å²) >= 11 is 0. The van der Waals surface area contributed by atoms with Crippen LogP contribution in [0, 0.1) is 0 Å². The van der Waals surface area contributed by atoms with Crippen LogP contribution in [0.4, 0.5) is 0 Å². The Morgan fingerprint density at radius 2 is 2.19 bits per heavy atom. The predicted octanol–water partition coefficient (Wildman–Crippen LogP) is 1.88. The molecule has 0 bridgehead atoms. The van der Waals surface area contributed by atoms with Crippen molar-refractivity contribution in [1.82, 2.24) is 25.0 Å². The highest BCUT2D eigenvalue weighted by Gasteiger charge is 2.24. The number of rotatable bonds is 9. The molecule has 140 valence electrons. The van der Waals surface area contributed by atoms with Crippen molar-refractivity contribution in [1.29, 1.82) is 0 Å². The van der Waals surface area contributed by atoms with E-state index >= 15 is 0 Å². The van der Waals surface area contributed by atoms with Crippen molar-refractivity contribution in [2.45, 2.75) is 31.8 Å². The summed E-state index contributed by atoms with van der Waals surface area (Å²) in [4.78, 5) is 19.2. The zero-order valence-corrected chi connectivity index (χ0v) is 15.3. The molecule has 1 saturated heterocycles. The second-order valence-corrected chi connectivity index (χ2v) is 6.59. The van der Waals surface area contributed by atoms with Crippen LogP contribution in [0.15, 0.2) is 36.9 Å². The predicted molar refractivity (Wildman–Crippen MR) is 98.8 cm³/mol. The topological polar surface area (TPSA) is 72.3 Å². The van der Waals surface area contributed by atoms with Gasteiger partial charge in [0.2, 0.25) is 0 Å². The molecule has 2 aromatic heterocycles. The minimum Gasteiger partial charge on any atom is -0.385 e. The van der Waals surface area contributed by atoms with Crippen molar-refractivity contribution in [3.05, 3.63) is 48.0 Å². The van der Waals surface area contributed by atoms with Crippen LogP contribution in [0.3, 0.4) is 0 Å². The maximum atomic E-state index is 12.5. The maximum absolute atomic E-state index is 12.5. The highest BCUT2D eigenvalue weighted by Crippen LogP contribution is 2.24. The number of nitrogens with zero attached hydrogens (tertiary/aromatic N) is 4. The molecule has 7 nitrogen and oxygen atoms in total. The zero-order valence-electron chi connectivity index (χ0n) is 15.3. The molecule has 0 spiro atoms. The summed E-state index contributed by atoms with van der Waals surface area (Å²) in [5.41, 5.74) is 1.73. The molecule has 1 atom stereocenters. The molecule has 0 aromatic carbocycles. The van der Waals surface area contributed by atoms with Crippen molar-refractivity contribution < 1.29 is 9.53 Å². The van der Waals surface area contributed by atoms with E-state index in [1.807, 2.05) is 12.3 Å². The molecule has 1 unspecified atom stereocenters. The first-order valence-corrected chi connectivity index (χ1v) is 9.21. The number of aromatic nitrogens is 3. The fraction of sp³-hybridized carbons (Fsp3) is 0.526. The second-order valence-electron chi connectivity index (χ2n) is 6.59. The summed E-state index contributed by atoms with van der Waals surface area (Å²) < 4.78 is 6.83. The molecule has 1 aliphatic heterocycles. The largest absolute Gasteiger partial charge is 0.385 e. The lowest BCUT2D eigenvalue weighted by atomic mass is 10.1. The Balaban J connectivity index is 1.59. The van der Waals surface area contributed by atoms with Gasteiger partial charge in [-0.2, -0.15) is 5.10 Å². The summed E-state index contributed by atoms with van der Waals surface area (Å²) in [6.45, 7) is 4.12. The van der Waals surface area contributed by atoms with E-state index in [0.29, 0.717) is 18.7 Å². The van der Waals surface area contributed by atoms with E-state index in [4.69, 9.17) is 4.74 Å². The number of pyridine rings is 1. The highest BCUT2D eigenvalue weighted by molar-refractivity contribution is 5.93. The number of ether oxygens (including phenoxy) is 1. The Hall–Kier alpha value is -2.25. The van der Waals surface area contributed by atoms with E-state index < -0.39 is 0 Å². The van der Waals surface area contributed by atoms with E-state index in [0.717, 1.165) is 31.6 Å². The molecule has 26 heavy (non-hydrogen) atoms. The number of likely N-dealkylation sites (tertiary alicyclic amines) is 1. The first-order chi connectivity index (χ1) is 12.8. The van der Waals surface area contributed by atoms with Gasteiger partial charge in [0.25, 0.3) is 5.91 Å². The van der Waals surface area contributed by atoms with Crippen LogP contribution in [0.5, 0.6) is 0 Å². The average Bonchev–Trinajstić information content (AvgIpc) is 3.35. The quantitative estimate of drug-likeness (QED) is 0.694. The van der Waals surface area contributed by atoms with Crippen LogP contribution in [0.25, 0.3) is 0 Å². The SMILES string of the molecule is COCCCn1cc(C(=O)NCC(c2cccnc2)N2CCCC2)cn1. The number of hydrogen-bond acceptors (Lipinski definition) is 5. The van der Waals surface area contributed by atoms with Gasteiger partial charge in [-0.25, -0.2) is 0 Å². The van der Waals surface area contributed by atoms with E-state index in [9.17, 15) is 4.79 Å². The Kier molecular flexibility index (Phi) is 6.74. The molecule has 0 radical (unpaired) electrons. The van der Waals surface area contributed by atoms with Gasteiger partial charge < -0.3 is 10.1 Å². The Labute approximate surface area is 154 Å². The third-order valence-corrected chi connectivity index (χ3v) is 4.74. The summed E-state index contributed by atoms with van der Waals surface area (Å²) in [6.07, 6.45) is 10.4. The standard InChI is InChI=1S/C19H27N5O2/c1-26-11-5-10-24-15-17(13-22-24)19(25)21-14-18(23-8-2-3-9-23)16-6-4-7-20-12-16/h4,6-7,12-13,15,18H,2-3,5,8-11,14H2,1H3,(H,21,25). The molecular weight excluding hydrogens is 330 g/mol. The molecule has 1 aliphatic rings. The number of hydrogen-bond donors (Lipinski definition) is 1. The van der Waals surface area contributed by atoms with Crippen molar-refractivity contribution in [2.75, 3.05) is 33.4 Å². The van der Waals surface area contributed by atoms with Crippen LogP contribution in [0.2, 0.25) is 0 Å². The van der Waals surface area contributed by atoms with Gasteiger partial charge in [0.15, 0.2) is 0 Å². The minimum absolute atomic E-state index is 0.0870. The Bertz CT molecular complexity index is 682. The highest BCUT2D eigenvalue weighted by atomic mass is 16.5. The van der Waals surface area contributed by atoms with Crippen molar-refractivity contribution in [2.24, 2.45) is 0 Å². The molecule has 2 aromatic rings. The number of carbonyl (C=O) groups excluding carboxylic acids is 1. The van der Waals surface area contributed by atoms with Crippen LogP contribution in [-0.4, -0.2) is 58.9 Å². The van der Waals surface area contributed by atoms with Gasteiger partial charge >= 0.3 is 0 Å². The van der Waals surface area contributed by atoms with Crippen LogP contribution < -0.4 is 5.32 Å². The molecule has 3 heterocycles. The Morgan fingerprint density at radius 1 is 1.35 bits per heavy atom. The number of aryl methyl sites for hydroxylation is 1. The second kappa shape index (κ2) is 9.45. The van der Waals surface area contributed by atoms with Crippen LogP contribution >= 0.6 is 0 Å². The van der Waals surface area contributed by atoms with Crippen molar-refractivity contribution in [3.63, 3.8) is 0 Å². The smallest absolute Gasteiger partial charge is 0.254 e. The molecule has 1 N–H and O–H groups in total. The molecule has 7 heteroatoms. The fourth-order valence-corrected chi connectivity index (χ4v) is 3.35. The van der Waals surface area contributed by atoms with Crippen LogP contribution in [0.1, 0.15) is 41.2 Å². The van der Waals surface area contributed by atoms with E-state index in [1.54, 1.807) is 30.4 Å². The summed E-state index contributed by atoms with van der Waals surface area (Å²) in [5.74, 6) is -0.0870. The minimum atomic E-state index is -0.0870. The van der Waals surface area contributed by atoms with E-state index in [1.165, 1.54) is 12.8 Å². The number of carbonyl (C=O) groups is 1. The number of nitrogens with one attached hydrogen (secondary N) is 1. The number of methoxy groups -OCH3 is 1. The fourth-order valence-electron chi connectivity index (χ4n) is 3.35. The van der Waals surface area contributed by atoms with Gasteiger partial charge in [-0.1, -0.05) is 6.07 Å². The Morgan fingerprint density at radius 3 is 2.92 bits per heavy atom. The lowest BCUT2D eigenvalue weighted by Gasteiger charge is -2.27. The van der Waals surface area contributed by atoms with Gasteiger partial charge in [-0.15, -0.1) is 0 Å². The van der Waals surface area contributed by atoms with Gasteiger partial charge in [-0.3, -0.25) is 19.4 Å². The molecular formula is C19H27N5O2. The van der Waals surface area contributed by atoms with E-state index in [2.05, 4.69) is 26.4 Å². The summed E-state index contributed by atoms with van der Waals surface area (Å²) in [7, 11) is 1.68. The van der Waals surface area contributed by atoms with Gasteiger partial charge in [0.05, 0.1) is 17.8 Å². The summed E-state index contributed by atoms with van der Waals surface area (Å²) in [5, 5.41) is 7.32. The molecule has 0 saturated carbocycles. The van der Waals surface area contributed by atoms with Gasteiger partial charge in [0.1, 0.15) is 0 Å². The third-order valence-electron chi connectivity index (χ3n) is 4.74. The van der Waals surface area contributed by atoms with Crippen molar-refractivity contribution in [3.8, 4) is 0 Å². The lowest BCUT2D eigenvalue weighted by molar-refractivity contribution is 0.0937. The molecule has 0 aliphatic carbocycles.